The van der Waals surface area contributed by atoms with E-state index < -0.39 is 22.5 Å². The molecule has 0 fully saturated rings. The van der Waals surface area contributed by atoms with Crippen LogP contribution in [0.3, 0.4) is 0 Å². The molecule has 0 aliphatic heterocycles. The fourth-order valence-electron chi connectivity index (χ4n) is 3.03. The monoisotopic (exact) mass is 529 g/mol. The van der Waals surface area contributed by atoms with Gasteiger partial charge in [0, 0.05) is 4.47 Å². The first-order valence-electron chi connectivity index (χ1n) is 10.0. The van der Waals surface area contributed by atoms with Gasteiger partial charge in [-0.1, -0.05) is 51.8 Å². The van der Waals surface area contributed by atoms with Gasteiger partial charge in [0.05, 0.1) is 23.9 Å². The number of amides is 1. The van der Waals surface area contributed by atoms with Gasteiger partial charge in [-0.3, -0.25) is 9.10 Å². The van der Waals surface area contributed by atoms with Crippen LogP contribution in [0.25, 0.3) is 0 Å². The van der Waals surface area contributed by atoms with Crippen molar-refractivity contribution in [2.45, 2.75) is 18.7 Å². The molecule has 0 saturated heterocycles. The highest BCUT2D eigenvalue weighted by Gasteiger charge is 2.29. The molecule has 9 heteroatoms. The van der Waals surface area contributed by atoms with Crippen LogP contribution >= 0.6 is 15.9 Å². The summed E-state index contributed by atoms with van der Waals surface area (Å²) < 4.78 is 34.4. The number of hydrogen-bond donors (Lipinski definition) is 1. The minimum absolute atomic E-state index is 0.0721. The number of hydrazone groups is 1. The molecule has 172 valence electrons. The first-order valence-corrected chi connectivity index (χ1v) is 12.3. The predicted molar refractivity (Wildman–Crippen MR) is 133 cm³/mol. The minimum atomic E-state index is -4.06. The van der Waals surface area contributed by atoms with Crippen molar-refractivity contribution >= 4 is 43.8 Å². The molecule has 0 aromatic heterocycles. The zero-order valence-electron chi connectivity index (χ0n) is 18.4. The van der Waals surface area contributed by atoms with Crippen molar-refractivity contribution in [1.82, 2.24) is 5.43 Å². The maximum absolute atomic E-state index is 13.5. The second kappa shape index (κ2) is 10.6. The van der Waals surface area contributed by atoms with Crippen LogP contribution in [-0.2, 0) is 14.8 Å². The lowest BCUT2D eigenvalue weighted by Gasteiger charge is -2.25. The number of aryl methyl sites for hydroxylation is 2. The summed E-state index contributed by atoms with van der Waals surface area (Å²) >= 11 is 3.36. The van der Waals surface area contributed by atoms with E-state index in [9.17, 15) is 13.2 Å². The van der Waals surface area contributed by atoms with E-state index in [4.69, 9.17) is 4.74 Å². The van der Waals surface area contributed by atoms with Crippen molar-refractivity contribution in [3.8, 4) is 5.75 Å². The number of nitrogens with one attached hydrogen (secondary N) is 1. The van der Waals surface area contributed by atoms with E-state index in [1.807, 2.05) is 44.2 Å². The number of carbonyl (C=O) groups is 1. The maximum atomic E-state index is 13.5. The van der Waals surface area contributed by atoms with Gasteiger partial charge in [-0.25, -0.2) is 13.8 Å². The van der Waals surface area contributed by atoms with Gasteiger partial charge >= 0.3 is 0 Å². The molecule has 0 aliphatic carbocycles. The van der Waals surface area contributed by atoms with E-state index in [1.165, 1.54) is 25.5 Å². The number of hydrogen-bond acceptors (Lipinski definition) is 5. The highest BCUT2D eigenvalue weighted by atomic mass is 79.9. The minimum Gasteiger partial charge on any atom is -0.495 e. The predicted octanol–water partition coefficient (Wildman–Crippen LogP) is 4.42. The Kier molecular flexibility index (Phi) is 7.88. The third-order valence-electron chi connectivity index (χ3n) is 4.77. The summed E-state index contributed by atoms with van der Waals surface area (Å²) in [6.07, 6.45) is 1.48. The number of methoxy groups -OCH3 is 1. The molecule has 7 nitrogen and oxygen atoms in total. The van der Waals surface area contributed by atoms with E-state index in [1.54, 1.807) is 24.3 Å². The van der Waals surface area contributed by atoms with E-state index in [2.05, 4.69) is 26.5 Å². The number of sulfonamides is 1. The van der Waals surface area contributed by atoms with Crippen LogP contribution in [0, 0.1) is 13.8 Å². The van der Waals surface area contributed by atoms with Gasteiger partial charge in [0.25, 0.3) is 15.9 Å². The van der Waals surface area contributed by atoms with Gasteiger partial charge in [0.1, 0.15) is 12.3 Å². The summed E-state index contributed by atoms with van der Waals surface area (Å²) in [5.41, 5.74) is 5.20. The number of halogens is 1. The molecule has 0 aliphatic rings. The van der Waals surface area contributed by atoms with E-state index in [0.29, 0.717) is 5.75 Å². The van der Waals surface area contributed by atoms with Crippen LogP contribution in [0.5, 0.6) is 5.75 Å². The van der Waals surface area contributed by atoms with Crippen LogP contribution in [0.1, 0.15) is 16.7 Å². The molecular weight excluding hydrogens is 506 g/mol. The number of anilines is 1. The van der Waals surface area contributed by atoms with Crippen LogP contribution in [0.15, 0.2) is 81.2 Å². The van der Waals surface area contributed by atoms with Crippen molar-refractivity contribution in [3.05, 3.63) is 87.9 Å². The number of rotatable bonds is 8. The van der Waals surface area contributed by atoms with Crippen LogP contribution in [0.2, 0.25) is 0 Å². The van der Waals surface area contributed by atoms with Gasteiger partial charge in [-0.15, -0.1) is 0 Å². The van der Waals surface area contributed by atoms with Gasteiger partial charge in [0.15, 0.2) is 0 Å². The zero-order valence-corrected chi connectivity index (χ0v) is 20.9. The summed E-state index contributed by atoms with van der Waals surface area (Å²) in [4.78, 5) is 12.8. The molecule has 33 heavy (non-hydrogen) atoms. The van der Waals surface area contributed by atoms with Crippen molar-refractivity contribution in [3.63, 3.8) is 0 Å². The molecule has 0 bridgehead atoms. The first-order chi connectivity index (χ1) is 15.7. The Hall–Kier alpha value is -3.17. The smallest absolute Gasteiger partial charge is 0.264 e. The molecule has 1 N–H and O–H groups in total. The third-order valence-corrected chi connectivity index (χ3v) is 7.07. The Balaban J connectivity index is 1.92. The summed E-state index contributed by atoms with van der Waals surface area (Å²) in [5.74, 6) is -0.259. The molecular formula is C24H24BrN3O4S. The lowest BCUT2D eigenvalue weighted by molar-refractivity contribution is -0.119. The van der Waals surface area contributed by atoms with Gasteiger partial charge < -0.3 is 4.74 Å². The fourth-order valence-corrected chi connectivity index (χ4v) is 4.71. The molecule has 0 atom stereocenters. The Labute approximate surface area is 202 Å². The number of benzene rings is 3. The third kappa shape index (κ3) is 6.21. The average Bonchev–Trinajstić information content (AvgIpc) is 2.79. The van der Waals surface area contributed by atoms with Crippen LogP contribution < -0.4 is 14.5 Å². The molecule has 0 unspecified atom stereocenters. The SMILES string of the molecule is COc1ccc(C)cc1N(CC(=O)N/N=C\c1ccc(Br)cc1)S(=O)(=O)c1ccc(C)cc1. The normalized spacial score (nSPS) is 11.4. The zero-order chi connectivity index (χ0) is 24.0. The number of nitrogens with zero attached hydrogens (tertiary/aromatic N) is 2. The summed E-state index contributed by atoms with van der Waals surface area (Å²) in [7, 11) is -2.61. The Bertz CT molecular complexity index is 1260. The van der Waals surface area contributed by atoms with Crippen molar-refractivity contribution < 1.29 is 17.9 Å². The lowest BCUT2D eigenvalue weighted by Crippen LogP contribution is -2.39. The molecule has 3 aromatic carbocycles. The quantitative estimate of drug-likeness (QED) is 0.345. The summed E-state index contributed by atoms with van der Waals surface area (Å²) in [5, 5.41) is 3.95. The van der Waals surface area contributed by atoms with Crippen molar-refractivity contribution in [1.29, 1.82) is 0 Å². The Morgan fingerprint density at radius 1 is 1.03 bits per heavy atom. The van der Waals surface area contributed by atoms with E-state index >= 15 is 0 Å². The number of carbonyl (C=O) groups excluding carboxylic acids is 1. The van der Waals surface area contributed by atoms with Crippen molar-refractivity contribution in [2.75, 3.05) is 18.0 Å². The van der Waals surface area contributed by atoms with Gasteiger partial charge in [-0.2, -0.15) is 5.10 Å². The molecule has 0 radical (unpaired) electrons. The second-order valence-corrected chi connectivity index (χ2v) is 10.1. The van der Waals surface area contributed by atoms with Crippen LogP contribution in [0.4, 0.5) is 5.69 Å². The Morgan fingerprint density at radius 2 is 1.67 bits per heavy atom. The summed E-state index contributed by atoms with van der Waals surface area (Å²) in [6, 6.07) is 19.0. The average molecular weight is 530 g/mol. The van der Waals surface area contributed by atoms with Crippen LogP contribution in [-0.4, -0.2) is 34.2 Å². The standard InChI is InChI=1S/C24H24BrN3O4S/c1-17-4-11-21(12-5-17)33(30,31)28(22-14-18(2)6-13-23(22)32-3)16-24(29)27-26-15-19-7-9-20(25)10-8-19/h4-15H,16H2,1-3H3,(H,27,29)/b26-15-. The topological polar surface area (TPSA) is 88.1 Å². The highest BCUT2D eigenvalue weighted by molar-refractivity contribution is 9.10. The lowest BCUT2D eigenvalue weighted by atomic mass is 10.2. The van der Waals surface area contributed by atoms with Gasteiger partial charge in [-0.05, 0) is 61.4 Å². The van der Waals surface area contributed by atoms with E-state index in [-0.39, 0.29) is 10.6 Å². The summed E-state index contributed by atoms with van der Waals surface area (Å²) in [6.45, 7) is 3.23. The number of ether oxygens (including phenoxy) is 1. The molecule has 3 rings (SSSR count). The second-order valence-electron chi connectivity index (χ2n) is 7.34. The molecule has 1 amide bonds. The largest absolute Gasteiger partial charge is 0.495 e. The molecule has 0 saturated carbocycles. The maximum Gasteiger partial charge on any atom is 0.264 e. The Morgan fingerprint density at radius 3 is 2.30 bits per heavy atom. The highest BCUT2D eigenvalue weighted by Crippen LogP contribution is 2.33. The fraction of sp³-hybridized carbons (Fsp3) is 0.167. The molecule has 0 heterocycles. The molecule has 0 spiro atoms. The van der Waals surface area contributed by atoms with E-state index in [0.717, 1.165) is 25.5 Å². The van der Waals surface area contributed by atoms with Crippen molar-refractivity contribution in [2.24, 2.45) is 5.10 Å². The van der Waals surface area contributed by atoms with Gasteiger partial charge in [0.2, 0.25) is 0 Å². The molecule has 3 aromatic rings. The first kappa shape index (κ1) is 24.5.